The molecule has 1 aliphatic rings. The molecule has 1 aromatic heterocycles. The summed E-state index contributed by atoms with van der Waals surface area (Å²) < 4.78 is 6.21. The van der Waals surface area contributed by atoms with E-state index in [1.807, 2.05) is 42.5 Å². The number of fused-ring (bicyclic) bond motifs is 1. The first-order valence-electron chi connectivity index (χ1n) is 10.5. The molecule has 1 unspecified atom stereocenters. The Morgan fingerprint density at radius 2 is 1.97 bits per heavy atom. The fourth-order valence-corrected chi connectivity index (χ4v) is 4.35. The predicted molar refractivity (Wildman–Crippen MR) is 123 cm³/mol. The van der Waals surface area contributed by atoms with E-state index in [0.29, 0.717) is 12.2 Å². The van der Waals surface area contributed by atoms with E-state index < -0.39 is 0 Å². The number of halogens is 1. The first-order chi connectivity index (χ1) is 15.0. The van der Waals surface area contributed by atoms with Crippen LogP contribution < -0.4 is 15.4 Å². The summed E-state index contributed by atoms with van der Waals surface area (Å²) in [4.78, 5) is 20.9. The highest BCUT2D eigenvalue weighted by Gasteiger charge is 2.24. The second-order valence-corrected chi connectivity index (χ2v) is 8.93. The van der Waals surface area contributed by atoms with Crippen LogP contribution in [0.3, 0.4) is 0 Å². The molecule has 1 fully saturated rings. The molecule has 0 spiro atoms. The number of H-pyrrole nitrogens is 1. The Labute approximate surface area is 189 Å². The van der Waals surface area contributed by atoms with Crippen molar-refractivity contribution in [3.05, 3.63) is 58.3 Å². The third kappa shape index (κ3) is 5.57. The fourth-order valence-electron chi connectivity index (χ4n) is 3.99. The van der Waals surface area contributed by atoms with Gasteiger partial charge in [0.1, 0.15) is 11.6 Å². The van der Waals surface area contributed by atoms with Gasteiger partial charge in [0.25, 0.3) is 0 Å². The lowest BCUT2D eigenvalue weighted by atomic mass is 9.93. The number of aliphatic hydroxyl groups is 1. The third-order valence-corrected chi connectivity index (χ3v) is 6.22. The second-order valence-electron chi connectivity index (χ2n) is 8.01. The Bertz CT molecular complexity index is 1030. The highest BCUT2D eigenvalue weighted by Crippen LogP contribution is 2.24. The van der Waals surface area contributed by atoms with Crippen molar-refractivity contribution in [2.24, 2.45) is 0 Å². The van der Waals surface area contributed by atoms with Crippen LogP contribution in [0.15, 0.2) is 46.9 Å². The Balaban J connectivity index is 1.52. The van der Waals surface area contributed by atoms with Crippen molar-refractivity contribution < 1.29 is 14.6 Å². The minimum atomic E-state index is -0.325. The van der Waals surface area contributed by atoms with Gasteiger partial charge in [0.15, 0.2) is 0 Å². The molecule has 4 N–H and O–H groups in total. The monoisotopic (exact) mass is 486 g/mol. The number of benzene rings is 2. The number of imidazole rings is 1. The third-order valence-electron chi connectivity index (χ3n) is 5.73. The van der Waals surface area contributed by atoms with Crippen LogP contribution in [-0.4, -0.2) is 40.4 Å². The van der Waals surface area contributed by atoms with Crippen LogP contribution >= 0.6 is 15.9 Å². The first-order valence-corrected chi connectivity index (χ1v) is 11.3. The number of hydrogen-bond donors (Lipinski definition) is 4. The van der Waals surface area contributed by atoms with E-state index in [4.69, 9.17) is 9.72 Å². The number of nitrogens with one attached hydrogen (secondary N) is 3. The van der Waals surface area contributed by atoms with Gasteiger partial charge < -0.3 is 25.5 Å². The van der Waals surface area contributed by atoms with Crippen LogP contribution in [-0.2, 0) is 6.42 Å². The van der Waals surface area contributed by atoms with Crippen LogP contribution in [0.5, 0.6) is 5.75 Å². The Morgan fingerprint density at radius 1 is 1.23 bits per heavy atom. The van der Waals surface area contributed by atoms with E-state index in [2.05, 4.69) is 31.5 Å². The van der Waals surface area contributed by atoms with Gasteiger partial charge in [-0.1, -0.05) is 28.1 Å². The maximum absolute atomic E-state index is 12.8. The number of hydrogen-bond acceptors (Lipinski definition) is 4. The SMILES string of the molecule is COc1ccc(CC(NC(=O)N[C@H]2CC[C@H](O)CC2)c2nc3ccc(Br)cc3[nH]2)cc1. The molecule has 0 saturated heterocycles. The van der Waals surface area contributed by atoms with Gasteiger partial charge >= 0.3 is 6.03 Å². The summed E-state index contributed by atoms with van der Waals surface area (Å²) >= 11 is 3.49. The first kappa shape index (κ1) is 21.6. The van der Waals surface area contributed by atoms with Crippen molar-refractivity contribution in [3.8, 4) is 5.75 Å². The molecule has 7 nitrogen and oxygen atoms in total. The van der Waals surface area contributed by atoms with Gasteiger partial charge in [-0.05, 0) is 68.0 Å². The van der Waals surface area contributed by atoms with Gasteiger partial charge in [0, 0.05) is 10.5 Å². The normalized spacial score (nSPS) is 19.7. The zero-order valence-corrected chi connectivity index (χ0v) is 19.0. The molecule has 0 radical (unpaired) electrons. The van der Waals surface area contributed by atoms with Gasteiger partial charge in [-0.2, -0.15) is 0 Å². The van der Waals surface area contributed by atoms with Gasteiger partial charge in [0.05, 0.1) is 30.3 Å². The summed E-state index contributed by atoms with van der Waals surface area (Å²) in [5.74, 6) is 1.50. The molecule has 3 aromatic rings. The van der Waals surface area contributed by atoms with Gasteiger partial charge in [-0.3, -0.25) is 0 Å². The van der Waals surface area contributed by atoms with Crippen LogP contribution in [0.1, 0.15) is 43.1 Å². The largest absolute Gasteiger partial charge is 0.497 e. The fraction of sp³-hybridized carbons (Fsp3) is 0.391. The highest BCUT2D eigenvalue weighted by atomic mass is 79.9. The van der Waals surface area contributed by atoms with Crippen LogP contribution in [0, 0.1) is 0 Å². The number of methoxy groups -OCH3 is 1. The van der Waals surface area contributed by atoms with Crippen LogP contribution in [0.2, 0.25) is 0 Å². The molecule has 4 rings (SSSR count). The van der Waals surface area contributed by atoms with Crippen LogP contribution in [0.25, 0.3) is 11.0 Å². The molecule has 1 saturated carbocycles. The van der Waals surface area contributed by atoms with Crippen molar-refractivity contribution in [1.82, 2.24) is 20.6 Å². The highest BCUT2D eigenvalue weighted by molar-refractivity contribution is 9.10. The number of aliphatic hydroxyl groups excluding tert-OH is 1. The number of aromatic nitrogens is 2. The van der Waals surface area contributed by atoms with Gasteiger partial charge in [-0.15, -0.1) is 0 Å². The number of carbonyl (C=O) groups excluding carboxylic acids is 1. The lowest BCUT2D eigenvalue weighted by Crippen LogP contribution is -2.45. The Hall–Kier alpha value is -2.58. The standard InChI is InChI=1S/C23H27BrN4O3/c1-31-18-9-2-14(3-10-18)12-21(22-26-19-11-4-15(24)13-20(19)27-22)28-23(30)25-16-5-7-17(29)8-6-16/h2-4,9-11,13,16-17,21,29H,5-8,12H2,1H3,(H,26,27)(H2,25,28,30)/t16-,17-,21?. The molecule has 1 atom stereocenters. The zero-order valence-electron chi connectivity index (χ0n) is 17.4. The summed E-state index contributed by atoms with van der Waals surface area (Å²) in [6.45, 7) is 0. The van der Waals surface area contributed by atoms with E-state index in [9.17, 15) is 9.90 Å². The molecule has 31 heavy (non-hydrogen) atoms. The topological polar surface area (TPSA) is 99.3 Å². The quantitative estimate of drug-likeness (QED) is 0.419. The molecule has 2 amide bonds. The summed E-state index contributed by atoms with van der Waals surface area (Å²) in [7, 11) is 1.64. The van der Waals surface area contributed by atoms with Gasteiger partial charge in [-0.25, -0.2) is 9.78 Å². The molecule has 2 aromatic carbocycles. The lowest BCUT2D eigenvalue weighted by Gasteiger charge is -2.27. The van der Waals surface area contributed by atoms with Crippen molar-refractivity contribution in [2.75, 3.05) is 7.11 Å². The minimum absolute atomic E-state index is 0.0802. The Morgan fingerprint density at radius 3 is 2.68 bits per heavy atom. The van der Waals surface area contributed by atoms with E-state index >= 15 is 0 Å². The average Bonchev–Trinajstić information content (AvgIpc) is 3.18. The predicted octanol–water partition coefficient (Wildman–Crippen LogP) is 4.22. The summed E-state index contributed by atoms with van der Waals surface area (Å²) in [6, 6.07) is 13.2. The zero-order chi connectivity index (χ0) is 21.8. The number of amides is 2. The minimum Gasteiger partial charge on any atom is -0.497 e. The smallest absolute Gasteiger partial charge is 0.315 e. The number of ether oxygens (including phenoxy) is 1. The maximum atomic E-state index is 12.8. The average molecular weight is 487 g/mol. The maximum Gasteiger partial charge on any atom is 0.315 e. The molecule has 8 heteroatoms. The molecule has 0 bridgehead atoms. The Kier molecular flexibility index (Phi) is 6.77. The van der Waals surface area contributed by atoms with E-state index in [1.54, 1.807) is 7.11 Å². The number of aromatic amines is 1. The second kappa shape index (κ2) is 9.70. The van der Waals surface area contributed by atoms with Crippen molar-refractivity contribution in [2.45, 2.75) is 50.3 Å². The molecule has 1 aliphatic carbocycles. The molecule has 164 valence electrons. The molecular formula is C23H27BrN4O3. The van der Waals surface area contributed by atoms with E-state index in [1.165, 1.54) is 0 Å². The molecule has 1 heterocycles. The van der Waals surface area contributed by atoms with Gasteiger partial charge in [0.2, 0.25) is 0 Å². The van der Waals surface area contributed by atoms with E-state index in [-0.39, 0.29) is 24.2 Å². The lowest BCUT2D eigenvalue weighted by molar-refractivity contribution is 0.117. The summed E-state index contributed by atoms with van der Waals surface area (Å²) in [6.07, 6.45) is 3.35. The number of carbonyl (C=O) groups is 1. The number of urea groups is 1. The molecular weight excluding hydrogens is 460 g/mol. The number of rotatable bonds is 6. The summed E-state index contributed by atoms with van der Waals surface area (Å²) in [5.41, 5.74) is 2.82. The molecule has 0 aliphatic heterocycles. The summed E-state index contributed by atoms with van der Waals surface area (Å²) in [5, 5.41) is 15.8. The van der Waals surface area contributed by atoms with Crippen molar-refractivity contribution in [1.29, 1.82) is 0 Å². The number of nitrogens with zero attached hydrogens (tertiary/aromatic N) is 1. The van der Waals surface area contributed by atoms with Crippen molar-refractivity contribution >= 4 is 33.0 Å². The van der Waals surface area contributed by atoms with Crippen molar-refractivity contribution in [3.63, 3.8) is 0 Å². The van der Waals surface area contributed by atoms with Crippen LogP contribution in [0.4, 0.5) is 4.79 Å². The van der Waals surface area contributed by atoms with E-state index in [0.717, 1.165) is 52.5 Å².